The Morgan fingerprint density at radius 3 is 2.59 bits per heavy atom. The first-order valence-corrected chi connectivity index (χ1v) is 14.7. The van der Waals surface area contributed by atoms with E-state index in [0.717, 1.165) is 54.2 Å². The van der Waals surface area contributed by atoms with Gasteiger partial charge in [0.1, 0.15) is 0 Å². The molecule has 2 aliphatic carbocycles. The van der Waals surface area contributed by atoms with Crippen LogP contribution in [0.15, 0.2) is 35.6 Å². The van der Waals surface area contributed by atoms with Gasteiger partial charge in [-0.05, 0) is 70.2 Å². The molecule has 1 N–H and O–H groups in total. The molecule has 1 aromatic heterocycles. The van der Waals surface area contributed by atoms with E-state index < -0.39 is 9.84 Å². The number of nitrogens with one attached hydrogen (secondary N) is 1. The zero-order valence-corrected chi connectivity index (χ0v) is 22.3. The predicted molar refractivity (Wildman–Crippen MR) is 140 cm³/mol. The van der Waals surface area contributed by atoms with Crippen molar-refractivity contribution in [2.75, 3.05) is 6.54 Å². The summed E-state index contributed by atoms with van der Waals surface area (Å²) in [6, 6.07) is 8.15. The summed E-state index contributed by atoms with van der Waals surface area (Å²) in [4.78, 5) is 6.74. The van der Waals surface area contributed by atoms with Crippen LogP contribution >= 0.6 is 12.2 Å². The Morgan fingerprint density at radius 2 is 1.94 bits per heavy atom. The highest BCUT2D eigenvalue weighted by Gasteiger charge is 2.31. The third kappa shape index (κ3) is 6.39. The second-order valence-electron chi connectivity index (χ2n) is 10.4. The number of nitrogens with zero attached hydrogens (tertiary/aromatic N) is 3. The van der Waals surface area contributed by atoms with Gasteiger partial charge in [0.05, 0.1) is 24.2 Å². The molecule has 0 unspecified atom stereocenters. The van der Waals surface area contributed by atoms with Crippen LogP contribution in [0.5, 0.6) is 0 Å². The van der Waals surface area contributed by atoms with E-state index in [0.29, 0.717) is 12.5 Å². The van der Waals surface area contributed by atoms with Crippen LogP contribution in [0.3, 0.4) is 0 Å². The van der Waals surface area contributed by atoms with Crippen molar-refractivity contribution in [3.8, 4) is 0 Å². The van der Waals surface area contributed by atoms with Gasteiger partial charge in [0, 0.05) is 18.6 Å². The molecular weight excluding hydrogens is 464 g/mol. The van der Waals surface area contributed by atoms with E-state index in [2.05, 4.69) is 29.0 Å². The first-order valence-electron chi connectivity index (χ1n) is 12.6. The molecule has 0 aliphatic heterocycles. The van der Waals surface area contributed by atoms with Crippen molar-refractivity contribution in [1.82, 2.24) is 19.8 Å². The maximum absolute atomic E-state index is 13.6. The predicted octanol–water partition coefficient (Wildman–Crippen LogP) is 5.17. The molecular formula is C26H38N4O2S2. The number of aryl methyl sites for hydroxylation is 1. The molecule has 0 amide bonds. The van der Waals surface area contributed by atoms with Crippen LogP contribution in [0.25, 0.3) is 0 Å². The lowest BCUT2D eigenvalue weighted by molar-refractivity contribution is 0.308. The fourth-order valence-electron chi connectivity index (χ4n) is 4.91. The lowest BCUT2D eigenvalue weighted by Gasteiger charge is -2.30. The molecule has 0 radical (unpaired) electrons. The number of hydrogen-bond acceptors (Lipinski definition) is 4. The molecule has 0 spiro atoms. The summed E-state index contributed by atoms with van der Waals surface area (Å²) in [6.45, 7) is 7.64. The van der Waals surface area contributed by atoms with Crippen molar-refractivity contribution in [3.05, 3.63) is 47.3 Å². The minimum absolute atomic E-state index is 0.0308. The van der Waals surface area contributed by atoms with Crippen LogP contribution in [0.1, 0.15) is 81.7 Å². The van der Waals surface area contributed by atoms with Gasteiger partial charge < -0.3 is 14.8 Å². The maximum atomic E-state index is 13.6. The zero-order chi connectivity index (χ0) is 24.3. The highest BCUT2D eigenvalue weighted by atomic mass is 32.2. The minimum atomic E-state index is -3.59. The summed E-state index contributed by atoms with van der Waals surface area (Å²) in [7, 11) is -3.59. The van der Waals surface area contributed by atoms with E-state index >= 15 is 0 Å². The zero-order valence-electron chi connectivity index (χ0n) is 20.7. The smallest absolute Gasteiger partial charge is 0.228 e. The first-order chi connectivity index (χ1) is 16.2. The average Bonchev–Trinajstić information content (AvgIpc) is 3.49. The van der Waals surface area contributed by atoms with Crippen molar-refractivity contribution in [1.29, 1.82) is 0 Å². The van der Waals surface area contributed by atoms with E-state index in [1.54, 1.807) is 6.20 Å². The molecule has 4 rings (SSSR count). The van der Waals surface area contributed by atoms with Gasteiger partial charge >= 0.3 is 0 Å². The first kappa shape index (κ1) is 25.2. The van der Waals surface area contributed by atoms with Gasteiger partial charge in [0.2, 0.25) is 15.0 Å². The molecule has 6 nitrogen and oxygen atoms in total. The molecule has 2 aliphatic rings. The average molecular weight is 503 g/mol. The normalized spacial score (nSPS) is 17.2. The molecule has 2 saturated carbocycles. The van der Waals surface area contributed by atoms with Crippen molar-refractivity contribution in [3.63, 3.8) is 0 Å². The molecule has 2 aromatic rings. The van der Waals surface area contributed by atoms with Crippen LogP contribution in [-0.4, -0.2) is 40.6 Å². The monoisotopic (exact) mass is 502 g/mol. The summed E-state index contributed by atoms with van der Waals surface area (Å²) in [5.41, 5.74) is 2.81. The van der Waals surface area contributed by atoms with E-state index in [4.69, 9.17) is 12.2 Å². The van der Waals surface area contributed by atoms with Crippen molar-refractivity contribution in [2.24, 2.45) is 5.92 Å². The Kier molecular flexibility index (Phi) is 7.97. The summed E-state index contributed by atoms with van der Waals surface area (Å²) in [5.74, 6) is 0.638. The largest absolute Gasteiger partial charge is 0.360 e. The number of rotatable bonds is 9. The molecule has 0 saturated heterocycles. The maximum Gasteiger partial charge on any atom is 0.228 e. The van der Waals surface area contributed by atoms with Crippen LogP contribution < -0.4 is 5.32 Å². The quantitative estimate of drug-likeness (QED) is 0.478. The Balaban J connectivity index is 1.66. The second kappa shape index (κ2) is 10.8. The molecule has 0 bridgehead atoms. The lowest BCUT2D eigenvalue weighted by Crippen LogP contribution is -2.43. The summed E-state index contributed by atoms with van der Waals surface area (Å²) >= 11 is 5.74. The van der Waals surface area contributed by atoms with Crippen LogP contribution in [-0.2, 0) is 22.1 Å². The van der Waals surface area contributed by atoms with E-state index in [-0.39, 0.29) is 23.0 Å². The number of hydrogen-bond donors (Lipinski definition) is 1. The van der Waals surface area contributed by atoms with Crippen LogP contribution in [0, 0.1) is 12.8 Å². The van der Waals surface area contributed by atoms with Gasteiger partial charge in [-0.1, -0.05) is 49.1 Å². The number of sulfone groups is 1. The highest BCUT2D eigenvalue weighted by molar-refractivity contribution is 7.90. The topological polar surface area (TPSA) is 67.2 Å². The Hall–Kier alpha value is -1.93. The van der Waals surface area contributed by atoms with E-state index in [1.807, 2.05) is 35.8 Å². The summed E-state index contributed by atoms with van der Waals surface area (Å²) in [5, 5.41) is 4.33. The van der Waals surface area contributed by atoms with E-state index in [1.165, 1.54) is 19.3 Å². The number of benzene rings is 1. The number of thiocarbonyl (C=S) groups is 1. The minimum Gasteiger partial charge on any atom is -0.360 e. The fraction of sp³-hybridized carbons (Fsp3) is 0.615. The molecule has 2 fully saturated rings. The SMILES string of the molecule is Cc1cccc(CS(=O)(=O)c2ncc(CN(CC3CC3)C(=S)NC(C)C)n2C2CCCCC2)c1. The van der Waals surface area contributed by atoms with E-state index in [9.17, 15) is 8.42 Å². The van der Waals surface area contributed by atoms with Gasteiger partial charge in [0.15, 0.2) is 5.11 Å². The van der Waals surface area contributed by atoms with Gasteiger partial charge in [-0.3, -0.25) is 0 Å². The molecule has 8 heteroatoms. The molecule has 1 aromatic carbocycles. The second-order valence-corrected chi connectivity index (χ2v) is 12.6. The van der Waals surface area contributed by atoms with Crippen molar-refractivity contribution >= 4 is 27.2 Å². The number of aromatic nitrogens is 2. The lowest BCUT2D eigenvalue weighted by atomic mass is 9.95. The molecule has 0 atom stereocenters. The fourth-order valence-corrected chi connectivity index (χ4v) is 6.81. The van der Waals surface area contributed by atoms with Gasteiger partial charge in [-0.25, -0.2) is 13.4 Å². The van der Waals surface area contributed by atoms with Gasteiger partial charge in [0.25, 0.3) is 0 Å². The van der Waals surface area contributed by atoms with Crippen molar-refractivity contribution < 1.29 is 8.42 Å². The number of imidazole rings is 1. The summed E-state index contributed by atoms with van der Waals surface area (Å²) in [6.07, 6.45) is 9.69. The Bertz CT molecular complexity index is 1100. The van der Waals surface area contributed by atoms with Crippen molar-refractivity contribution in [2.45, 2.75) is 95.3 Å². The molecule has 34 heavy (non-hydrogen) atoms. The third-order valence-electron chi connectivity index (χ3n) is 6.72. The Morgan fingerprint density at radius 1 is 1.21 bits per heavy atom. The highest BCUT2D eigenvalue weighted by Crippen LogP contribution is 2.34. The Labute approximate surface area is 210 Å². The summed E-state index contributed by atoms with van der Waals surface area (Å²) < 4.78 is 29.3. The third-order valence-corrected chi connectivity index (χ3v) is 8.67. The van der Waals surface area contributed by atoms with Crippen LogP contribution in [0.4, 0.5) is 0 Å². The molecule has 1 heterocycles. The van der Waals surface area contributed by atoms with Gasteiger partial charge in [-0.15, -0.1) is 0 Å². The molecule has 186 valence electrons. The van der Waals surface area contributed by atoms with Gasteiger partial charge in [-0.2, -0.15) is 0 Å². The standard InChI is InChI=1S/C26H38N4O2S2/c1-19(2)28-25(33)29(16-21-12-13-21)17-24-15-27-26(30(24)23-10-5-4-6-11-23)34(31,32)18-22-9-7-8-20(3)14-22/h7-9,14-15,19,21,23H,4-6,10-13,16-18H2,1-3H3,(H,28,33). The van der Waals surface area contributed by atoms with Crippen LogP contribution in [0.2, 0.25) is 0 Å².